The van der Waals surface area contributed by atoms with Gasteiger partial charge in [-0.15, -0.1) is 11.3 Å². The van der Waals surface area contributed by atoms with Crippen molar-refractivity contribution in [1.82, 2.24) is 15.0 Å². The fraction of sp³-hybridized carbons (Fsp3) is 0.0625. The van der Waals surface area contributed by atoms with Gasteiger partial charge in [0.05, 0.1) is 0 Å². The zero-order valence-corrected chi connectivity index (χ0v) is 30.1. The number of ether oxygens (including phenoxy) is 1. The number of fused-ring (bicyclic) bond motifs is 6. The first-order valence-corrected chi connectivity index (χ1v) is 18.7. The molecule has 4 nitrogen and oxygen atoms in total. The Hall–Kier alpha value is -6.43. The molecular weight excluding hydrogens is 667 g/mol. The summed E-state index contributed by atoms with van der Waals surface area (Å²) in [6.07, 6.45) is 0. The van der Waals surface area contributed by atoms with Crippen molar-refractivity contribution in [3.05, 3.63) is 169 Å². The fourth-order valence-corrected chi connectivity index (χ4v) is 8.82. The van der Waals surface area contributed by atoms with E-state index in [0.29, 0.717) is 17.5 Å². The maximum absolute atomic E-state index is 6.57. The van der Waals surface area contributed by atoms with Crippen molar-refractivity contribution in [1.29, 1.82) is 0 Å². The number of hydrogen-bond acceptors (Lipinski definition) is 5. The number of hydrogen-bond donors (Lipinski definition) is 0. The Kier molecular flexibility index (Phi) is 7.31. The third kappa shape index (κ3) is 5.40. The van der Waals surface area contributed by atoms with Crippen molar-refractivity contribution < 1.29 is 4.74 Å². The molecule has 0 radical (unpaired) electrons. The largest absolute Gasteiger partial charge is 0.482 e. The molecule has 0 spiro atoms. The molecule has 1 aliphatic heterocycles. The SMILES string of the molecule is CC1(C)Oc2cccc(-c3ccc(-c4nc(-c5ccc(-c6ccccc6)cc5)nc(-c5cccc6c5sc5ccccc56)n4)cc3)c2-c2ccccc21. The summed E-state index contributed by atoms with van der Waals surface area (Å²) in [5.41, 5.74) is 10.5. The Morgan fingerprint density at radius 3 is 1.75 bits per heavy atom. The third-order valence-corrected chi connectivity index (χ3v) is 11.4. The molecule has 7 aromatic carbocycles. The minimum atomic E-state index is -0.414. The van der Waals surface area contributed by atoms with Gasteiger partial charge >= 0.3 is 0 Å². The molecule has 0 aliphatic carbocycles. The summed E-state index contributed by atoms with van der Waals surface area (Å²) in [4.78, 5) is 15.4. The molecule has 0 fully saturated rings. The molecule has 2 aromatic heterocycles. The summed E-state index contributed by atoms with van der Waals surface area (Å²) in [7, 11) is 0. The van der Waals surface area contributed by atoms with Crippen LogP contribution in [0.4, 0.5) is 0 Å². The number of nitrogens with zero attached hydrogens (tertiary/aromatic N) is 3. The summed E-state index contributed by atoms with van der Waals surface area (Å²) < 4.78 is 8.99. The number of thiophene rings is 1. The predicted octanol–water partition coefficient (Wildman–Crippen LogP) is 12.9. The van der Waals surface area contributed by atoms with Crippen LogP contribution in [0.1, 0.15) is 19.4 Å². The summed E-state index contributed by atoms with van der Waals surface area (Å²) >= 11 is 1.78. The first-order chi connectivity index (χ1) is 26.0. The number of benzene rings is 7. The number of rotatable bonds is 5. The van der Waals surface area contributed by atoms with Crippen molar-refractivity contribution in [2.45, 2.75) is 19.4 Å². The van der Waals surface area contributed by atoms with E-state index in [1.165, 1.54) is 36.9 Å². The molecule has 1 aliphatic rings. The molecule has 0 atom stereocenters. The van der Waals surface area contributed by atoms with Crippen LogP contribution in [-0.4, -0.2) is 15.0 Å². The molecule has 0 saturated heterocycles. The van der Waals surface area contributed by atoms with Crippen LogP contribution in [0, 0.1) is 0 Å². The monoisotopic (exact) mass is 699 g/mol. The van der Waals surface area contributed by atoms with Gasteiger partial charge in [0.25, 0.3) is 0 Å². The van der Waals surface area contributed by atoms with Gasteiger partial charge in [0.15, 0.2) is 17.5 Å². The lowest BCUT2D eigenvalue weighted by Gasteiger charge is -2.35. The highest BCUT2D eigenvalue weighted by atomic mass is 32.1. The van der Waals surface area contributed by atoms with E-state index in [-0.39, 0.29) is 0 Å². The third-order valence-electron chi connectivity index (χ3n) is 10.2. The molecule has 0 unspecified atom stereocenters. The quantitative estimate of drug-likeness (QED) is 0.179. The molecule has 0 N–H and O–H groups in total. The van der Waals surface area contributed by atoms with Crippen molar-refractivity contribution in [2.24, 2.45) is 0 Å². The van der Waals surface area contributed by atoms with Gasteiger partial charge in [0, 0.05) is 48.0 Å². The Labute approximate surface area is 312 Å². The van der Waals surface area contributed by atoms with Crippen LogP contribution in [-0.2, 0) is 5.60 Å². The molecule has 53 heavy (non-hydrogen) atoms. The van der Waals surface area contributed by atoms with E-state index in [4.69, 9.17) is 19.7 Å². The minimum absolute atomic E-state index is 0.414. The normalized spacial score (nSPS) is 13.0. The van der Waals surface area contributed by atoms with Gasteiger partial charge in [-0.05, 0) is 59.9 Å². The van der Waals surface area contributed by atoms with Crippen molar-refractivity contribution in [3.8, 4) is 73.3 Å². The summed E-state index contributed by atoms with van der Waals surface area (Å²) in [6, 6.07) is 57.3. The van der Waals surface area contributed by atoms with Crippen LogP contribution >= 0.6 is 11.3 Å². The highest BCUT2D eigenvalue weighted by molar-refractivity contribution is 7.26. The highest BCUT2D eigenvalue weighted by Crippen LogP contribution is 2.49. The second-order valence-electron chi connectivity index (χ2n) is 13.9. The molecule has 5 heteroatoms. The maximum atomic E-state index is 6.57. The van der Waals surface area contributed by atoms with Crippen molar-refractivity contribution in [3.63, 3.8) is 0 Å². The van der Waals surface area contributed by atoms with Crippen LogP contribution in [0.3, 0.4) is 0 Å². The van der Waals surface area contributed by atoms with E-state index in [2.05, 4.69) is 172 Å². The zero-order valence-electron chi connectivity index (χ0n) is 29.2. The molecule has 3 heterocycles. The highest BCUT2D eigenvalue weighted by Gasteiger charge is 2.33. The summed E-state index contributed by atoms with van der Waals surface area (Å²) in [5.74, 6) is 2.83. The lowest BCUT2D eigenvalue weighted by molar-refractivity contribution is 0.106. The topological polar surface area (TPSA) is 47.9 Å². The van der Waals surface area contributed by atoms with Gasteiger partial charge in [0.2, 0.25) is 0 Å². The molecule has 252 valence electrons. The molecule has 10 rings (SSSR count). The van der Waals surface area contributed by atoms with Gasteiger partial charge in [-0.1, -0.05) is 146 Å². The minimum Gasteiger partial charge on any atom is -0.482 e. The molecule has 0 saturated carbocycles. The molecule has 0 bridgehead atoms. The maximum Gasteiger partial charge on any atom is 0.165 e. The molecule has 0 amide bonds. The summed E-state index contributed by atoms with van der Waals surface area (Å²) in [6.45, 7) is 4.26. The second kappa shape index (κ2) is 12.4. The van der Waals surface area contributed by atoms with Crippen LogP contribution < -0.4 is 4.74 Å². The Morgan fingerprint density at radius 2 is 0.981 bits per heavy atom. The average Bonchev–Trinajstić information content (AvgIpc) is 3.60. The Morgan fingerprint density at radius 1 is 0.434 bits per heavy atom. The Balaban J connectivity index is 1.10. The fourth-order valence-electron chi connectivity index (χ4n) is 7.61. The zero-order chi connectivity index (χ0) is 35.5. The van der Waals surface area contributed by atoms with Crippen LogP contribution in [0.25, 0.3) is 87.7 Å². The first-order valence-electron chi connectivity index (χ1n) is 17.9. The van der Waals surface area contributed by atoms with Gasteiger partial charge < -0.3 is 4.74 Å². The van der Waals surface area contributed by atoms with Gasteiger partial charge in [0.1, 0.15) is 11.4 Å². The predicted molar refractivity (Wildman–Crippen MR) is 219 cm³/mol. The van der Waals surface area contributed by atoms with E-state index in [1.54, 1.807) is 11.3 Å². The smallest absolute Gasteiger partial charge is 0.165 e. The van der Waals surface area contributed by atoms with E-state index >= 15 is 0 Å². The van der Waals surface area contributed by atoms with Gasteiger partial charge in [-0.2, -0.15) is 0 Å². The standard InChI is InChI=1S/C48H33N3OS/c1-48(2)40-19-8-6-15-38(40)43-35(16-11-20-41(43)52-48)32-24-28-34(29-25-32)46-49-45(33-26-22-31(23-27-33)30-12-4-3-5-13-30)50-47(51-46)39-18-10-17-37-36-14-7-9-21-42(36)53-44(37)39/h3-29H,1-2H3. The van der Waals surface area contributed by atoms with E-state index in [1.807, 2.05) is 6.07 Å². The summed E-state index contributed by atoms with van der Waals surface area (Å²) in [5, 5.41) is 2.46. The van der Waals surface area contributed by atoms with Crippen LogP contribution in [0.15, 0.2) is 164 Å². The van der Waals surface area contributed by atoms with E-state index in [0.717, 1.165) is 44.7 Å². The lowest BCUT2D eigenvalue weighted by atomic mass is 9.83. The second-order valence-corrected chi connectivity index (χ2v) is 15.0. The van der Waals surface area contributed by atoms with Gasteiger partial charge in [-0.25, -0.2) is 15.0 Å². The molecular formula is C48H33N3OS. The van der Waals surface area contributed by atoms with Crippen molar-refractivity contribution >= 4 is 31.5 Å². The van der Waals surface area contributed by atoms with Crippen molar-refractivity contribution in [2.75, 3.05) is 0 Å². The molecule has 9 aromatic rings. The average molecular weight is 700 g/mol. The van der Waals surface area contributed by atoms with Crippen LogP contribution in [0.5, 0.6) is 5.75 Å². The van der Waals surface area contributed by atoms with E-state index < -0.39 is 5.60 Å². The van der Waals surface area contributed by atoms with Crippen LogP contribution in [0.2, 0.25) is 0 Å². The number of aromatic nitrogens is 3. The Bertz CT molecular complexity index is 2820. The van der Waals surface area contributed by atoms with Gasteiger partial charge in [-0.3, -0.25) is 0 Å². The first kappa shape index (κ1) is 31.3. The lowest BCUT2D eigenvalue weighted by Crippen LogP contribution is -2.29. The van der Waals surface area contributed by atoms with E-state index in [9.17, 15) is 0 Å².